The summed E-state index contributed by atoms with van der Waals surface area (Å²) in [5.41, 5.74) is 8.62. The Morgan fingerprint density at radius 3 is 2.50 bits per heavy atom. The van der Waals surface area contributed by atoms with Crippen LogP contribution in [0.5, 0.6) is 0 Å². The van der Waals surface area contributed by atoms with Crippen LogP contribution in [0.1, 0.15) is 16.7 Å². The minimum Gasteiger partial charge on any atom is -0.409 e. The Labute approximate surface area is 121 Å². The predicted octanol–water partition coefficient (Wildman–Crippen LogP) is 2.35. The van der Waals surface area contributed by atoms with Crippen LogP contribution in [0.3, 0.4) is 0 Å². The Morgan fingerprint density at radius 1 is 1.25 bits per heavy atom. The number of hydrogen-bond acceptors (Lipinski definition) is 4. The van der Waals surface area contributed by atoms with Gasteiger partial charge in [-0.3, -0.25) is 0 Å². The molecule has 5 nitrogen and oxygen atoms in total. The number of aromatic nitrogens is 1. The molecule has 1 aromatic carbocycles. The van der Waals surface area contributed by atoms with Crippen LogP contribution in [0.15, 0.2) is 41.7 Å². The maximum Gasteiger partial charge on any atom is 0.171 e. The Balaban J connectivity index is 1.97. The van der Waals surface area contributed by atoms with Crippen LogP contribution in [0.4, 0.5) is 5.82 Å². The number of rotatable bonds is 2. The van der Waals surface area contributed by atoms with Gasteiger partial charge in [-0.05, 0) is 17.2 Å². The molecule has 6 heteroatoms. The van der Waals surface area contributed by atoms with Gasteiger partial charge in [0, 0.05) is 24.8 Å². The Morgan fingerprint density at radius 2 is 1.90 bits per heavy atom. The van der Waals surface area contributed by atoms with Crippen molar-refractivity contribution in [2.24, 2.45) is 10.9 Å². The normalized spacial score (nSPS) is 14.4. The van der Waals surface area contributed by atoms with Crippen LogP contribution >= 0.6 is 11.6 Å². The first-order valence-electron chi connectivity index (χ1n) is 6.15. The van der Waals surface area contributed by atoms with Crippen molar-refractivity contribution >= 4 is 23.3 Å². The van der Waals surface area contributed by atoms with E-state index in [1.165, 1.54) is 11.1 Å². The van der Waals surface area contributed by atoms with Gasteiger partial charge in [0.1, 0.15) is 5.82 Å². The third-order valence-electron chi connectivity index (χ3n) is 3.39. The molecule has 3 N–H and O–H groups in total. The van der Waals surface area contributed by atoms with Gasteiger partial charge in [0.2, 0.25) is 0 Å². The number of benzene rings is 1. The van der Waals surface area contributed by atoms with Gasteiger partial charge in [-0.2, -0.15) is 0 Å². The average molecular weight is 289 g/mol. The standard InChI is InChI=1S/C14H13ClN4O/c15-12-11(13(16)18-20)5-6-17-14(12)19-7-9-3-1-2-4-10(9)8-19/h1-6,20H,7-8H2,(H2,16,18). The number of anilines is 1. The molecule has 102 valence electrons. The molecule has 0 bridgehead atoms. The van der Waals surface area contributed by atoms with Gasteiger partial charge < -0.3 is 15.8 Å². The van der Waals surface area contributed by atoms with E-state index < -0.39 is 0 Å². The highest BCUT2D eigenvalue weighted by Crippen LogP contribution is 2.33. The summed E-state index contributed by atoms with van der Waals surface area (Å²) < 4.78 is 0. The van der Waals surface area contributed by atoms with E-state index in [4.69, 9.17) is 22.5 Å². The summed E-state index contributed by atoms with van der Waals surface area (Å²) >= 11 is 6.33. The quantitative estimate of drug-likeness (QED) is 0.385. The third-order valence-corrected chi connectivity index (χ3v) is 3.77. The number of halogens is 1. The highest BCUT2D eigenvalue weighted by Gasteiger charge is 2.23. The van der Waals surface area contributed by atoms with Gasteiger partial charge in [0.05, 0.1) is 5.02 Å². The van der Waals surface area contributed by atoms with Crippen molar-refractivity contribution in [3.63, 3.8) is 0 Å². The lowest BCUT2D eigenvalue weighted by molar-refractivity contribution is 0.318. The molecule has 0 aliphatic carbocycles. The van der Waals surface area contributed by atoms with Crippen molar-refractivity contribution in [1.82, 2.24) is 4.98 Å². The van der Waals surface area contributed by atoms with Crippen LogP contribution in [0.25, 0.3) is 0 Å². The molecule has 0 amide bonds. The summed E-state index contributed by atoms with van der Waals surface area (Å²) in [6, 6.07) is 9.85. The zero-order chi connectivity index (χ0) is 14.1. The van der Waals surface area contributed by atoms with Gasteiger partial charge in [-0.25, -0.2) is 4.98 Å². The van der Waals surface area contributed by atoms with Crippen LogP contribution in [0.2, 0.25) is 5.02 Å². The second-order valence-corrected chi connectivity index (χ2v) is 4.98. The van der Waals surface area contributed by atoms with Crippen molar-refractivity contribution in [2.75, 3.05) is 4.90 Å². The number of hydrogen-bond donors (Lipinski definition) is 2. The number of fused-ring (bicyclic) bond motifs is 1. The number of nitrogens with two attached hydrogens (primary N) is 1. The summed E-state index contributed by atoms with van der Waals surface area (Å²) in [5.74, 6) is 0.627. The lowest BCUT2D eigenvalue weighted by Crippen LogP contribution is -2.19. The number of nitrogens with zero attached hydrogens (tertiary/aromatic N) is 3. The molecule has 0 radical (unpaired) electrons. The maximum absolute atomic E-state index is 8.78. The van der Waals surface area contributed by atoms with E-state index in [0.29, 0.717) is 16.4 Å². The number of amidine groups is 1. The van der Waals surface area contributed by atoms with Crippen molar-refractivity contribution in [3.8, 4) is 0 Å². The molecule has 3 rings (SSSR count). The molecule has 0 unspecified atom stereocenters. The summed E-state index contributed by atoms with van der Waals surface area (Å²) in [6.45, 7) is 1.50. The fraction of sp³-hybridized carbons (Fsp3) is 0.143. The average Bonchev–Trinajstić information content (AvgIpc) is 2.90. The zero-order valence-corrected chi connectivity index (χ0v) is 11.4. The largest absolute Gasteiger partial charge is 0.409 e. The van der Waals surface area contributed by atoms with Crippen molar-refractivity contribution in [2.45, 2.75) is 13.1 Å². The second-order valence-electron chi connectivity index (χ2n) is 4.61. The zero-order valence-electron chi connectivity index (χ0n) is 10.6. The number of oxime groups is 1. The Hall–Kier alpha value is -2.27. The van der Waals surface area contributed by atoms with Crippen LogP contribution in [-0.2, 0) is 13.1 Å². The maximum atomic E-state index is 8.78. The molecule has 2 aromatic rings. The van der Waals surface area contributed by atoms with Gasteiger partial charge in [0.15, 0.2) is 5.84 Å². The van der Waals surface area contributed by atoms with Crippen molar-refractivity contribution in [3.05, 3.63) is 58.2 Å². The Bertz CT molecular complexity index is 662. The molecule has 0 spiro atoms. The fourth-order valence-electron chi connectivity index (χ4n) is 2.39. The summed E-state index contributed by atoms with van der Waals surface area (Å²) in [7, 11) is 0. The first-order chi connectivity index (χ1) is 9.70. The molecule has 20 heavy (non-hydrogen) atoms. The molecule has 0 fully saturated rings. The molecule has 2 heterocycles. The van der Waals surface area contributed by atoms with Crippen LogP contribution < -0.4 is 10.6 Å². The minimum absolute atomic E-state index is 0.0182. The summed E-state index contributed by atoms with van der Waals surface area (Å²) in [5, 5.41) is 12.2. The van der Waals surface area contributed by atoms with E-state index in [9.17, 15) is 0 Å². The van der Waals surface area contributed by atoms with E-state index >= 15 is 0 Å². The minimum atomic E-state index is -0.0182. The molecule has 0 saturated heterocycles. The fourth-order valence-corrected chi connectivity index (χ4v) is 2.72. The summed E-state index contributed by atoms with van der Waals surface area (Å²) in [4.78, 5) is 6.39. The van der Waals surface area contributed by atoms with Crippen molar-refractivity contribution in [1.29, 1.82) is 0 Å². The predicted molar refractivity (Wildman–Crippen MR) is 78.1 cm³/mol. The topological polar surface area (TPSA) is 74.7 Å². The van der Waals surface area contributed by atoms with Gasteiger partial charge >= 0.3 is 0 Å². The van der Waals surface area contributed by atoms with E-state index in [0.717, 1.165) is 13.1 Å². The first-order valence-corrected chi connectivity index (χ1v) is 6.52. The summed E-state index contributed by atoms with van der Waals surface area (Å²) in [6.07, 6.45) is 1.61. The second kappa shape index (κ2) is 5.02. The highest BCUT2D eigenvalue weighted by molar-refractivity contribution is 6.36. The van der Waals surface area contributed by atoms with E-state index in [2.05, 4.69) is 27.2 Å². The van der Waals surface area contributed by atoms with E-state index in [-0.39, 0.29) is 5.84 Å². The van der Waals surface area contributed by atoms with Crippen LogP contribution in [-0.4, -0.2) is 16.0 Å². The highest BCUT2D eigenvalue weighted by atomic mass is 35.5. The van der Waals surface area contributed by atoms with Crippen LogP contribution in [0, 0.1) is 0 Å². The smallest absolute Gasteiger partial charge is 0.171 e. The molecule has 0 atom stereocenters. The molecular weight excluding hydrogens is 276 g/mol. The van der Waals surface area contributed by atoms with E-state index in [1.54, 1.807) is 12.3 Å². The van der Waals surface area contributed by atoms with Gasteiger partial charge in [-0.1, -0.05) is 41.0 Å². The van der Waals surface area contributed by atoms with Gasteiger partial charge in [0.25, 0.3) is 0 Å². The SMILES string of the molecule is N/C(=N/O)c1ccnc(N2Cc3ccccc3C2)c1Cl. The lowest BCUT2D eigenvalue weighted by atomic mass is 10.1. The van der Waals surface area contributed by atoms with E-state index in [1.807, 2.05) is 12.1 Å². The van der Waals surface area contributed by atoms with Gasteiger partial charge in [-0.15, -0.1) is 0 Å². The number of pyridine rings is 1. The molecule has 1 aliphatic rings. The molecule has 1 aliphatic heterocycles. The molecule has 0 saturated carbocycles. The van der Waals surface area contributed by atoms with Crippen molar-refractivity contribution < 1.29 is 5.21 Å². The first kappa shape index (κ1) is 12.7. The Kier molecular flexibility index (Phi) is 3.20. The molecular formula is C14H13ClN4O. The molecule has 1 aromatic heterocycles. The third kappa shape index (κ3) is 2.06. The lowest BCUT2D eigenvalue weighted by Gasteiger charge is -2.19. The monoisotopic (exact) mass is 288 g/mol.